The van der Waals surface area contributed by atoms with E-state index >= 15 is 0 Å². The van der Waals surface area contributed by atoms with Crippen LogP contribution < -0.4 is 5.32 Å². The van der Waals surface area contributed by atoms with Crippen LogP contribution in [0, 0.1) is 11.3 Å². The molecule has 0 aromatic heterocycles. The van der Waals surface area contributed by atoms with Gasteiger partial charge in [-0.3, -0.25) is 0 Å². The second-order valence-corrected chi connectivity index (χ2v) is 6.83. The lowest BCUT2D eigenvalue weighted by atomic mass is 9.68. The third-order valence-corrected chi connectivity index (χ3v) is 5.10. The van der Waals surface area contributed by atoms with Gasteiger partial charge in [-0.1, -0.05) is 39.5 Å². The molecule has 0 atom stereocenters. The smallest absolute Gasteiger partial charge is 0.0471 e. The highest BCUT2D eigenvalue weighted by Gasteiger charge is 2.34. The molecule has 0 unspecified atom stereocenters. The molecule has 0 bridgehead atoms. The normalized spacial score (nSPS) is 26.9. The molecule has 1 N–H and O–H groups in total. The highest BCUT2D eigenvalue weighted by atomic mass is 16.5. The second-order valence-electron chi connectivity index (χ2n) is 6.83. The van der Waals surface area contributed by atoms with Crippen molar-refractivity contribution in [3.63, 3.8) is 0 Å². The van der Waals surface area contributed by atoms with E-state index < -0.39 is 0 Å². The summed E-state index contributed by atoms with van der Waals surface area (Å²) in [6.45, 7) is 7.61. The molecule has 20 heavy (non-hydrogen) atoms. The van der Waals surface area contributed by atoms with Crippen LogP contribution in [0.5, 0.6) is 0 Å². The van der Waals surface area contributed by atoms with E-state index in [0.29, 0.717) is 5.41 Å². The van der Waals surface area contributed by atoms with Gasteiger partial charge in [0, 0.05) is 19.8 Å². The summed E-state index contributed by atoms with van der Waals surface area (Å²) in [6.07, 6.45) is 13.6. The van der Waals surface area contributed by atoms with Crippen LogP contribution in [0.2, 0.25) is 0 Å². The van der Waals surface area contributed by atoms with Crippen molar-refractivity contribution in [2.45, 2.75) is 78.1 Å². The first-order valence-electron chi connectivity index (χ1n) is 8.98. The van der Waals surface area contributed by atoms with Crippen molar-refractivity contribution in [3.05, 3.63) is 0 Å². The first-order valence-corrected chi connectivity index (χ1v) is 8.98. The maximum Gasteiger partial charge on any atom is 0.0471 e. The number of hydrogen-bond acceptors (Lipinski definition) is 2. The summed E-state index contributed by atoms with van der Waals surface area (Å²) in [6, 6.07) is 0. The van der Waals surface area contributed by atoms with E-state index in [1.165, 1.54) is 70.8 Å². The highest BCUT2D eigenvalue weighted by molar-refractivity contribution is 4.87. The molecule has 0 radical (unpaired) electrons. The number of rotatable bonds is 11. The molecule has 2 heteroatoms. The van der Waals surface area contributed by atoms with Crippen LogP contribution in [0.3, 0.4) is 0 Å². The SMILES string of the molecule is CCCCOCCC1(CNC)CCC(CCCC)CC1. The predicted octanol–water partition coefficient (Wildman–Crippen LogP) is 4.78. The van der Waals surface area contributed by atoms with Crippen LogP contribution in [-0.4, -0.2) is 26.8 Å². The van der Waals surface area contributed by atoms with Gasteiger partial charge in [-0.25, -0.2) is 0 Å². The van der Waals surface area contributed by atoms with Crippen molar-refractivity contribution in [3.8, 4) is 0 Å². The molecule has 1 rings (SSSR count). The first-order chi connectivity index (χ1) is 9.76. The third kappa shape index (κ3) is 6.58. The Morgan fingerprint density at radius 3 is 2.35 bits per heavy atom. The van der Waals surface area contributed by atoms with E-state index in [9.17, 15) is 0 Å². The molecule has 0 heterocycles. The average Bonchev–Trinajstić information content (AvgIpc) is 2.47. The molecular weight excluding hydrogens is 246 g/mol. The van der Waals surface area contributed by atoms with Crippen molar-refractivity contribution < 1.29 is 4.74 Å². The van der Waals surface area contributed by atoms with Crippen molar-refractivity contribution >= 4 is 0 Å². The van der Waals surface area contributed by atoms with Gasteiger partial charge < -0.3 is 10.1 Å². The van der Waals surface area contributed by atoms with Gasteiger partial charge in [0.2, 0.25) is 0 Å². The molecule has 0 aliphatic heterocycles. The summed E-state index contributed by atoms with van der Waals surface area (Å²) in [7, 11) is 2.10. The fourth-order valence-electron chi connectivity index (χ4n) is 3.60. The Labute approximate surface area is 127 Å². The minimum absolute atomic E-state index is 0.518. The standard InChI is InChI=1S/C18H37NO/c1-4-6-8-17-9-11-18(12-10-17,16-19-3)13-15-20-14-7-5-2/h17,19H,4-16H2,1-3H3. The summed E-state index contributed by atoms with van der Waals surface area (Å²) in [5.41, 5.74) is 0.518. The predicted molar refractivity (Wildman–Crippen MR) is 88.2 cm³/mol. The first kappa shape index (κ1) is 18.0. The van der Waals surface area contributed by atoms with Crippen LogP contribution in [-0.2, 0) is 4.74 Å². The van der Waals surface area contributed by atoms with Crippen molar-refractivity contribution in [2.24, 2.45) is 11.3 Å². The minimum Gasteiger partial charge on any atom is -0.381 e. The third-order valence-electron chi connectivity index (χ3n) is 5.10. The minimum atomic E-state index is 0.518. The maximum atomic E-state index is 5.81. The maximum absolute atomic E-state index is 5.81. The lowest BCUT2D eigenvalue weighted by Gasteiger charge is -2.40. The Morgan fingerprint density at radius 2 is 1.75 bits per heavy atom. The Morgan fingerprint density at radius 1 is 1.05 bits per heavy atom. The van der Waals surface area contributed by atoms with Crippen LogP contribution in [0.4, 0.5) is 0 Å². The van der Waals surface area contributed by atoms with Crippen LogP contribution in [0.15, 0.2) is 0 Å². The van der Waals surface area contributed by atoms with E-state index in [4.69, 9.17) is 4.74 Å². The number of unbranched alkanes of at least 4 members (excludes halogenated alkanes) is 2. The molecule has 0 saturated heterocycles. The number of ether oxygens (including phenoxy) is 1. The molecule has 1 aliphatic carbocycles. The molecule has 0 amide bonds. The largest absolute Gasteiger partial charge is 0.381 e. The van der Waals surface area contributed by atoms with Crippen LogP contribution >= 0.6 is 0 Å². The monoisotopic (exact) mass is 283 g/mol. The van der Waals surface area contributed by atoms with Gasteiger partial charge in [0.1, 0.15) is 0 Å². The molecule has 1 saturated carbocycles. The molecule has 1 aliphatic rings. The van der Waals surface area contributed by atoms with E-state index in [1.807, 2.05) is 0 Å². The fourth-order valence-corrected chi connectivity index (χ4v) is 3.60. The van der Waals surface area contributed by atoms with E-state index in [1.54, 1.807) is 0 Å². The summed E-state index contributed by atoms with van der Waals surface area (Å²) in [5.74, 6) is 1.00. The van der Waals surface area contributed by atoms with Crippen molar-refractivity contribution in [2.75, 3.05) is 26.8 Å². The van der Waals surface area contributed by atoms with Gasteiger partial charge >= 0.3 is 0 Å². The Balaban J connectivity index is 2.29. The van der Waals surface area contributed by atoms with Gasteiger partial charge in [0.15, 0.2) is 0 Å². The molecule has 2 nitrogen and oxygen atoms in total. The van der Waals surface area contributed by atoms with Crippen molar-refractivity contribution in [1.82, 2.24) is 5.32 Å². The zero-order valence-electron chi connectivity index (χ0n) is 14.2. The molecular formula is C18H37NO. The molecule has 0 aromatic rings. The quantitative estimate of drug-likeness (QED) is 0.551. The lowest BCUT2D eigenvalue weighted by Crippen LogP contribution is -2.37. The van der Waals surface area contributed by atoms with Gasteiger partial charge in [-0.2, -0.15) is 0 Å². The van der Waals surface area contributed by atoms with Gasteiger partial charge in [0.25, 0.3) is 0 Å². The number of hydrogen-bond donors (Lipinski definition) is 1. The van der Waals surface area contributed by atoms with E-state index in [2.05, 4.69) is 26.2 Å². The molecule has 0 spiro atoms. The number of nitrogens with one attached hydrogen (secondary N) is 1. The van der Waals surface area contributed by atoms with Crippen LogP contribution in [0.25, 0.3) is 0 Å². The zero-order chi connectivity index (χ0) is 14.7. The highest BCUT2D eigenvalue weighted by Crippen LogP contribution is 2.42. The summed E-state index contributed by atoms with van der Waals surface area (Å²) >= 11 is 0. The fraction of sp³-hybridized carbons (Fsp3) is 1.00. The average molecular weight is 284 g/mol. The van der Waals surface area contributed by atoms with Gasteiger partial charge in [-0.05, 0) is 56.9 Å². The second kappa shape index (κ2) is 10.6. The zero-order valence-corrected chi connectivity index (χ0v) is 14.2. The topological polar surface area (TPSA) is 21.3 Å². The summed E-state index contributed by atoms with van der Waals surface area (Å²) in [4.78, 5) is 0. The van der Waals surface area contributed by atoms with Gasteiger partial charge in [-0.15, -0.1) is 0 Å². The van der Waals surface area contributed by atoms with E-state index in [0.717, 1.165) is 19.1 Å². The lowest BCUT2D eigenvalue weighted by molar-refractivity contribution is 0.0610. The Hall–Kier alpha value is -0.0800. The summed E-state index contributed by atoms with van der Waals surface area (Å²) in [5, 5.41) is 3.43. The molecule has 1 fully saturated rings. The Bertz CT molecular complexity index is 216. The molecule has 0 aromatic carbocycles. The Kier molecular flexibility index (Phi) is 9.54. The van der Waals surface area contributed by atoms with Crippen LogP contribution in [0.1, 0.15) is 78.1 Å². The molecule has 120 valence electrons. The van der Waals surface area contributed by atoms with E-state index in [-0.39, 0.29) is 0 Å². The summed E-state index contributed by atoms with van der Waals surface area (Å²) < 4.78 is 5.81. The van der Waals surface area contributed by atoms with Crippen molar-refractivity contribution in [1.29, 1.82) is 0 Å². The van der Waals surface area contributed by atoms with Gasteiger partial charge in [0.05, 0.1) is 0 Å².